The first kappa shape index (κ1) is 20.8. The Morgan fingerprint density at radius 3 is 2.77 bits per heavy atom. The van der Waals surface area contributed by atoms with Crippen LogP contribution in [0.15, 0.2) is 41.7 Å². The van der Waals surface area contributed by atoms with Gasteiger partial charge in [-0.3, -0.25) is 19.6 Å². The number of ether oxygens (including phenoxy) is 1. The number of thiazole rings is 1. The summed E-state index contributed by atoms with van der Waals surface area (Å²) < 4.78 is 30.4. The predicted octanol–water partition coefficient (Wildman–Crippen LogP) is 1.47. The zero-order valence-electron chi connectivity index (χ0n) is 16.4. The van der Waals surface area contributed by atoms with E-state index in [1.54, 1.807) is 17.0 Å². The van der Waals surface area contributed by atoms with Crippen LogP contribution >= 0.6 is 11.3 Å². The Kier molecular flexibility index (Phi) is 6.04. The molecule has 0 spiro atoms. The molecule has 1 aromatic carbocycles. The Bertz CT molecular complexity index is 1140. The number of sulfone groups is 1. The Morgan fingerprint density at radius 1 is 1.27 bits per heavy atom. The number of rotatable bonds is 6. The smallest absolute Gasteiger partial charge is 0.280 e. The van der Waals surface area contributed by atoms with Crippen molar-refractivity contribution >= 4 is 42.4 Å². The number of hydrogen-bond donors (Lipinski definition) is 0. The van der Waals surface area contributed by atoms with E-state index in [1.807, 2.05) is 0 Å². The molecule has 3 aromatic rings. The van der Waals surface area contributed by atoms with Crippen molar-refractivity contribution in [2.45, 2.75) is 4.90 Å². The lowest BCUT2D eigenvalue weighted by Gasteiger charge is -2.29. The van der Waals surface area contributed by atoms with Gasteiger partial charge in [0, 0.05) is 44.8 Å². The lowest BCUT2D eigenvalue weighted by atomic mass is 10.3. The van der Waals surface area contributed by atoms with Crippen molar-refractivity contribution in [3.63, 3.8) is 0 Å². The molecule has 1 amide bonds. The molecule has 3 heterocycles. The van der Waals surface area contributed by atoms with Gasteiger partial charge < -0.3 is 4.74 Å². The number of benzene rings is 1. The molecule has 0 radical (unpaired) electrons. The van der Waals surface area contributed by atoms with Gasteiger partial charge in [-0.25, -0.2) is 18.4 Å². The number of fused-ring (bicyclic) bond motifs is 1. The van der Waals surface area contributed by atoms with Crippen LogP contribution in [0, 0.1) is 0 Å². The molecule has 0 aliphatic carbocycles. The highest BCUT2D eigenvalue weighted by molar-refractivity contribution is 7.91. The van der Waals surface area contributed by atoms with Crippen LogP contribution in [0.3, 0.4) is 0 Å². The summed E-state index contributed by atoms with van der Waals surface area (Å²) in [5.74, 6) is -0.323. The molecule has 1 saturated heterocycles. The monoisotopic (exact) mass is 447 g/mol. The van der Waals surface area contributed by atoms with E-state index in [0.717, 1.165) is 19.3 Å². The molecule has 0 N–H and O–H groups in total. The zero-order valence-corrected chi connectivity index (χ0v) is 18.0. The first-order chi connectivity index (χ1) is 14.4. The van der Waals surface area contributed by atoms with Gasteiger partial charge in [-0.15, -0.1) is 0 Å². The summed E-state index contributed by atoms with van der Waals surface area (Å²) >= 11 is 1.28. The topological polar surface area (TPSA) is 106 Å². The lowest BCUT2D eigenvalue weighted by Crippen LogP contribution is -2.43. The number of carbonyl (C=O) groups excluding carboxylic acids is 1. The molecular weight excluding hydrogens is 426 g/mol. The first-order valence-electron chi connectivity index (χ1n) is 9.41. The third-order valence-corrected chi connectivity index (χ3v) is 6.94. The normalized spacial score (nSPS) is 15.4. The fourth-order valence-corrected chi connectivity index (χ4v) is 5.14. The molecule has 2 aromatic heterocycles. The maximum absolute atomic E-state index is 13.2. The van der Waals surface area contributed by atoms with Crippen molar-refractivity contribution in [3.05, 3.63) is 42.5 Å². The molecule has 0 saturated carbocycles. The SMILES string of the molecule is CS(=O)(=O)c1cccc2sc(N(CCN3CCOCC3)C(=O)c3cnccn3)nc12. The molecule has 1 aliphatic rings. The second kappa shape index (κ2) is 8.72. The van der Waals surface area contributed by atoms with Crippen LogP contribution in [0.5, 0.6) is 0 Å². The molecule has 1 aliphatic heterocycles. The van der Waals surface area contributed by atoms with Crippen LogP contribution in [0.25, 0.3) is 10.2 Å². The van der Waals surface area contributed by atoms with E-state index < -0.39 is 9.84 Å². The minimum Gasteiger partial charge on any atom is -0.379 e. The van der Waals surface area contributed by atoms with E-state index >= 15 is 0 Å². The van der Waals surface area contributed by atoms with Crippen LogP contribution in [0.4, 0.5) is 5.13 Å². The van der Waals surface area contributed by atoms with E-state index in [4.69, 9.17) is 4.74 Å². The summed E-state index contributed by atoms with van der Waals surface area (Å²) in [6, 6.07) is 5.02. The van der Waals surface area contributed by atoms with Crippen molar-refractivity contribution in [1.29, 1.82) is 0 Å². The van der Waals surface area contributed by atoms with Crippen molar-refractivity contribution in [3.8, 4) is 0 Å². The lowest BCUT2D eigenvalue weighted by molar-refractivity contribution is 0.0391. The molecule has 4 rings (SSSR count). The van der Waals surface area contributed by atoms with E-state index in [-0.39, 0.29) is 16.5 Å². The largest absolute Gasteiger partial charge is 0.379 e. The Hall–Kier alpha value is -2.47. The summed E-state index contributed by atoms with van der Waals surface area (Å²) in [4.78, 5) is 29.8. The van der Waals surface area contributed by atoms with Crippen LogP contribution < -0.4 is 4.90 Å². The van der Waals surface area contributed by atoms with Crippen molar-refractivity contribution in [1.82, 2.24) is 19.9 Å². The highest BCUT2D eigenvalue weighted by atomic mass is 32.2. The van der Waals surface area contributed by atoms with Gasteiger partial charge in [-0.1, -0.05) is 17.4 Å². The standard InChI is InChI=1S/C19H21N5O4S2/c1-30(26,27)16-4-2-3-15-17(16)22-19(29-15)24(8-7-23-9-11-28-12-10-23)18(25)14-13-20-5-6-21-14/h2-6,13H,7-12H2,1H3. The minimum absolute atomic E-state index is 0.155. The van der Waals surface area contributed by atoms with E-state index in [0.29, 0.717) is 41.7 Å². The Morgan fingerprint density at radius 2 is 2.07 bits per heavy atom. The quantitative estimate of drug-likeness (QED) is 0.559. The average molecular weight is 448 g/mol. The van der Waals surface area contributed by atoms with Crippen LogP contribution in [0.2, 0.25) is 0 Å². The van der Waals surface area contributed by atoms with Crippen molar-refractivity contribution < 1.29 is 17.9 Å². The van der Waals surface area contributed by atoms with Crippen molar-refractivity contribution in [2.24, 2.45) is 0 Å². The minimum atomic E-state index is -3.45. The molecule has 158 valence electrons. The summed E-state index contributed by atoms with van der Waals surface area (Å²) in [6.45, 7) is 3.96. The highest BCUT2D eigenvalue weighted by Gasteiger charge is 2.25. The molecule has 0 unspecified atom stereocenters. The fourth-order valence-electron chi connectivity index (χ4n) is 3.22. The molecule has 30 heavy (non-hydrogen) atoms. The predicted molar refractivity (Wildman–Crippen MR) is 114 cm³/mol. The van der Waals surface area contributed by atoms with Gasteiger partial charge in [0.25, 0.3) is 5.91 Å². The van der Waals surface area contributed by atoms with Gasteiger partial charge in [0.2, 0.25) is 0 Å². The second-order valence-corrected chi connectivity index (χ2v) is 9.87. The zero-order chi connectivity index (χ0) is 21.1. The van der Waals surface area contributed by atoms with Crippen LogP contribution in [0.1, 0.15) is 10.5 Å². The Labute approximate surface area is 178 Å². The van der Waals surface area contributed by atoms with Gasteiger partial charge in [-0.05, 0) is 12.1 Å². The highest BCUT2D eigenvalue weighted by Crippen LogP contribution is 2.33. The van der Waals surface area contributed by atoms with Crippen molar-refractivity contribution in [2.75, 3.05) is 50.5 Å². The molecule has 1 fully saturated rings. The average Bonchev–Trinajstić information content (AvgIpc) is 3.18. The molecule has 0 bridgehead atoms. The van der Waals surface area contributed by atoms with Gasteiger partial charge in [0.15, 0.2) is 15.0 Å². The van der Waals surface area contributed by atoms with Gasteiger partial charge in [-0.2, -0.15) is 0 Å². The van der Waals surface area contributed by atoms with E-state index in [1.165, 1.54) is 36.0 Å². The Balaban J connectivity index is 1.70. The molecule has 9 nitrogen and oxygen atoms in total. The van der Waals surface area contributed by atoms with E-state index in [9.17, 15) is 13.2 Å². The number of hydrogen-bond acceptors (Lipinski definition) is 9. The molecule has 0 atom stereocenters. The number of amides is 1. The van der Waals surface area contributed by atoms with E-state index in [2.05, 4.69) is 19.9 Å². The number of carbonyl (C=O) groups is 1. The third kappa shape index (κ3) is 4.48. The summed E-state index contributed by atoms with van der Waals surface area (Å²) in [5.41, 5.74) is 0.588. The van der Waals surface area contributed by atoms with Gasteiger partial charge in [0.1, 0.15) is 11.2 Å². The van der Waals surface area contributed by atoms with Gasteiger partial charge in [0.05, 0.1) is 29.0 Å². The summed E-state index contributed by atoms with van der Waals surface area (Å²) in [6.07, 6.45) is 5.54. The maximum Gasteiger partial charge on any atom is 0.280 e. The maximum atomic E-state index is 13.2. The van der Waals surface area contributed by atoms with Crippen LogP contribution in [-0.2, 0) is 14.6 Å². The molecular formula is C19H21N5O4S2. The number of para-hydroxylation sites is 1. The number of anilines is 1. The number of aromatic nitrogens is 3. The molecule has 11 heteroatoms. The summed E-state index contributed by atoms with van der Waals surface area (Å²) in [5, 5.41) is 0.435. The first-order valence-corrected chi connectivity index (χ1v) is 12.1. The third-order valence-electron chi connectivity index (χ3n) is 4.77. The summed E-state index contributed by atoms with van der Waals surface area (Å²) in [7, 11) is -3.45. The number of morpholine rings is 1. The fraction of sp³-hybridized carbons (Fsp3) is 0.368. The van der Waals surface area contributed by atoms with Gasteiger partial charge >= 0.3 is 0 Å². The van der Waals surface area contributed by atoms with Crippen LogP contribution in [-0.4, -0.2) is 79.8 Å². The second-order valence-electron chi connectivity index (χ2n) is 6.87. The number of nitrogens with zero attached hydrogens (tertiary/aromatic N) is 5.